The van der Waals surface area contributed by atoms with Gasteiger partial charge in [-0.1, -0.05) is 20.3 Å². The summed E-state index contributed by atoms with van der Waals surface area (Å²) in [7, 11) is 0. The summed E-state index contributed by atoms with van der Waals surface area (Å²) in [5.74, 6) is -2.24. The van der Waals surface area contributed by atoms with Crippen LogP contribution in [0, 0.1) is 29.6 Å². The molecule has 6 nitrogen and oxygen atoms in total. The first kappa shape index (κ1) is 17.2. The molecule has 7 unspecified atom stereocenters. The zero-order valence-electron chi connectivity index (χ0n) is 14.5. The number of fused-ring (bicyclic) bond motifs is 1. The van der Waals surface area contributed by atoms with Crippen LogP contribution < -0.4 is 0 Å². The Bertz CT molecular complexity index is 530. The molecule has 1 aliphatic heterocycles. The lowest BCUT2D eigenvalue weighted by atomic mass is 9.78. The third-order valence-electron chi connectivity index (χ3n) is 5.82. The lowest BCUT2D eigenvalue weighted by Crippen LogP contribution is -2.44. The van der Waals surface area contributed by atoms with Crippen molar-refractivity contribution in [3.63, 3.8) is 0 Å². The fraction of sp³-hybridized carbons (Fsp3) is 0.833. The second-order valence-corrected chi connectivity index (χ2v) is 7.06. The van der Waals surface area contributed by atoms with E-state index >= 15 is 0 Å². The van der Waals surface area contributed by atoms with Crippen molar-refractivity contribution >= 4 is 17.9 Å². The second kappa shape index (κ2) is 6.73. The molecule has 2 bridgehead atoms. The molecule has 0 spiro atoms. The molecule has 3 fully saturated rings. The highest BCUT2D eigenvalue weighted by Crippen LogP contribution is 2.59. The first-order valence-corrected chi connectivity index (χ1v) is 9.11. The third kappa shape index (κ3) is 2.60. The SMILES string of the molecule is CCCC(CC)C(=O)OC1C2CC3C1OC(=O)C3C2C(=O)OCC. The maximum absolute atomic E-state index is 12.5. The van der Waals surface area contributed by atoms with Gasteiger partial charge in [0.25, 0.3) is 0 Å². The van der Waals surface area contributed by atoms with Gasteiger partial charge in [0.15, 0.2) is 0 Å². The summed E-state index contributed by atoms with van der Waals surface area (Å²) in [4.78, 5) is 37.0. The van der Waals surface area contributed by atoms with Gasteiger partial charge in [0.2, 0.25) is 0 Å². The maximum Gasteiger partial charge on any atom is 0.310 e. The molecule has 0 radical (unpaired) electrons. The molecule has 0 amide bonds. The van der Waals surface area contributed by atoms with Crippen LogP contribution in [0.4, 0.5) is 0 Å². The van der Waals surface area contributed by atoms with Gasteiger partial charge in [-0.25, -0.2) is 0 Å². The van der Waals surface area contributed by atoms with E-state index in [4.69, 9.17) is 14.2 Å². The normalized spacial score (nSPS) is 37.2. The molecule has 1 heterocycles. The van der Waals surface area contributed by atoms with E-state index in [1.807, 2.05) is 13.8 Å². The van der Waals surface area contributed by atoms with E-state index in [1.54, 1.807) is 6.92 Å². The van der Waals surface area contributed by atoms with Gasteiger partial charge in [0.05, 0.1) is 24.4 Å². The Morgan fingerprint density at radius 3 is 2.62 bits per heavy atom. The van der Waals surface area contributed by atoms with E-state index in [0.717, 1.165) is 19.3 Å². The molecule has 6 heteroatoms. The standard InChI is InChI=1S/C18H26O6/c1-4-7-9(5-2)16(19)23-14-10-8-11-13(18(21)24-15(11)14)12(10)17(20)22-6-3/h9-15H,4-8H2,1-3H3. The summed E-state index contributed by atoms with van der Waals surface area (Å²) in [6, 6.07) is 0. The number of carbonyl (C=O) groups is 3. The van der Waals surface area contributed by atoms with Crippen LogP contribution in [0.15, 0.2) is 0 Å². The molecule has 3 aliphatic rings. The van der Waals surface area contributed by atoms with Gasteiger partial charge in [-0.2, -0.15) is 0 Å². The van der Waals surface area contributed by atoms with Gasteiger partial charge < -0.3 is 14.2 Å². The Labute approximate surface area is 142 Å². The molecule has 0 aromatic rings. The minimum Gasteiger partial charge on any atom is -0.466 e. The van der Waals surface area contributed by atoms with Crippen LogP contribution in [0.1, 0.15) is 46.5 Å². The topological polar surface area (TPSA) is 78.9 Å². The lowest BCUT2D eigenvalue weighted by Gasteiger charge is -2.31. The molecule has 0 aromatic heterocycles. The van der Waals surface area contributed by atoms with E-state index < -0.39 is 17.9 Å². The van der Waals surface area contributed by atoms with Crippen molar-refractivity contribution < 1.29 is 28.6 Å². The summed E-state index contributed by atoms with van der Waals surface area (Å²) in [6.07, 6.45) is 2.21. The molecular formula is C18H26O6. The van der Waals surface area contributed by atoms with E-state index in [1.165, 1.54) is 0 Å². The smallest absolute Gasteiger partial charge is 0.310 e. The fourth-order valence-corrected chi connectivity index (χ4v) is 4.77. The van der Waals surface area contributed by atoms with Crippen LogP contribution in [-0.2, 0) is 28.6 Å². The molecule has 24 heavy (non-hydrogen) atoms. The van der Waals surface area contributed by atoms with Crippen LogP contribution in [0.3, 0.4) is 0 Å². The van der Waals surface area contributed by atoms with Crippen LogP contribution in [0.2, 0.25) is 0 Å². The summed E-state index contributed by atoms with van der Waals surface area (Å²) < 4.78 is 16.4. The summed E-state index contributed by atoms with van der Waals surface area (Å²) in [6.45, 7) is 6.02. The molecule has 2 saturated carbocycles. The summed E-state index contributed by atoms with van der Waals surface area (Å²) in [5, 5.41) is 0. The van der Waals surface area contributed by atoms with Crippen LogP contribution >= 0.6 is 0 Å². The first-order chi connectivity index (χ1) is 11.5. The zero-order valence-corrected chi connectivity index (χ0v) is 14.5. The highest BCUT2D eigenvalue weighted by molar-refractivity contribution is 5.86. The van der Waals surface area contributed by atoms with Crippen LogP contribution in [0.5, 0.6) is 0 Å². The van der Waals surface area contributed by atoms with Gasteiger partial charge in [-0.3, -0.25) is 14.4 Å². The molecule has 7 atom stereocenters. The minimum absolute atomic E-state index is 0.0269. The molecule has 134 valence electrons. The van der Waals surface area contributed by atoms with Gasteiger partial charge in [0, 0.05) is 11.8 Å². The Balaban J connectivity index is 1.77. The van der Waals surface area contributed by atoms with Crippen LogP contribution in [-0.4, -0.2) is 36.7 Å². The van der Waals surface area contributed by atoms with Crippen molar-refractivity contribution in [3.05, 3.63) is 0 Å². The fourth-order valence-electron chi connectivity index (χ4n) is 4.77. The molecule has 3 rings (SSSR count). The average Bonchev–Trinajstić information content (AvgIpc) is 3.16. The molecule has 0 aromatic carbocycles. The quantitative estimate of drug-likeness (QED) is 0.522. The predicted octanol–water partition coefficient (Wildman–Crippen LogP) is 2.10. The first-order valence-electron chi connectivity index (χ1n) is 9.11. The number of hydrogen-bond acceptors (Lipinski definition) is 6. The Morgan fingerprint density at radius 2 is 2.00 bits per heavy atom. The maximum atomic E-state index is 12.5. The monoisotopic (exact) mass is 338 g/mol. The van der Waals surface area contributed by atoms with Gasteiger partial charge in [-0.05, 0) is 26.2 Å². The van der Waals surface area contributed by atoms with Crippen molar-refractivity contribution in [2.24, 2.45) is 29.6 Å². The second-order valence-electron chi connectivity index (χ2n) is 7.06. The molecule has 0 N–H and O–H groups in total. The van der Waals surface area contributed by atoms with E-state index in [0.29, 0.717) is 6.42 Å². The van der Waals surface area contributed by atoms with Gasteiger partial charge >= 0.3 is 17.9 Å². The van der Waals surface area contributed by atoms with E-state index in [-0.39, 0.29) is 48.4 Å². The third-order valence-corrected chi connectivity index (χ3v) is 5.82. The Kier molecular flexibility index (Phi) is 4.83. The van der Waals surface area contributed by atoms with Crippen molar-refractivity contribution in [3.8, 4) is 0 Å². The van der Waals surface area contributed by atoms with E-state index in [2.05, 4.69) is 0 Å². The highest BCUT2D eigenvalue weighted by Gasteiger charge is 2.70. The summed E-state index contributed by atoms with van der Waals surface area (Å²) >= 11 is 0. The summed E-state index contributed by atoms with van der Waals surface area (Å²) in [5.41, 5.74) is 0. The van der Waals surface area contributed by atoms with E-state index in [9.17, 15) is 14.4 Å². The molecular weight excluding hydrogens is 312 g/mol. The average molecular weight is 338 g/mol. The Hall–Kier alpha value is -1.59. The van der Waals surface area contributed by atoms with Gasteiger partial charge in [0.1, 0.15) is 12.2 Å². The van der Waals surface area contributed by atoms with Crippen molar-refractivity contribution in [2.45, 2.75) is 58.7 Å². The number of esters is 3. The number of carbonyl (C=O) groups excluding carboxylic acids is 3. The Morgan fingerprint density at radius 1 is 1.25 bits per heavy atom. The van der Waals surface area contributed by atoms with Crippen molar-refractivity contribution in [1.29, 1.82) is 0 Å². The highest BCUT2D eigenvalue weighted by atomic mass is 16.6. The number of hydrogen-bond donors (Lipinski definition) is 0. The van der Waals surface area contributed by atoms with Crippen LogP contribution in [0.25, 0.3) is 0 Å². The largest absolute Gasteiger partial charge is 0.466 e. The number of ether oxygens (including phenoxy) is 3. The predicted molar refractivity (Wildman–Crippen MR) is 83.7 cm³/mol. The number of rotatable bonds is 7. The lowest BCUT2D eigenvalue weighted by molar-refractivity contribution is -0.169. The minimum atomic E-state index is -0.537. The molecule has 2 aliphatic carbocycles. The van der Waals surface area contributed by atoms with Crippen molar-refractivity contribution in [1.82, 2.24) is 0 Å². The van der Waals surface area contributed by atoms with Gasteiger partial charge in [-0.15, -0.1) is 0 Å². The molecule has 1 saturated heterocycles. The van der Waals surface area contributed by atoms with Crippen molar-refractivity contribution in [2.75, 3.05) is 6.61 Å². The zero-order chi connectivity index (χ0) is 17.4.